The Labute approximate surface area is 135 Å². The second-order valence-electron chi connectivity index (χ2n) is 6.08. The number of carbonyl (C=O) groups excluding carboxylic acids is 1. The molecule has 1 aliphatic heterocycles. The number of nitrogens with zero attached hydrogens (tertiary/aromatic N) is 4. The summed E-state index contributed by atoms with van der Waals surface area (Å²) in [5, 5.41) is 9.54. The number of piperidine rings is 1. The molecular weight excluding hydrogens is 292 g/mol. The molecule has 0 saturated carbocycles. The fraction of sp³-hybridized carbons (Fsp3) is 0.471. The number of hydrogen-bond donors (Lipinski definition) is 1. The Morgan fingerprint density at radius 1 is 1.48 bits per heavy atom. The summed E-state index contributed by atoms with van der Waals surface area (Å²) < 4.78 is 1.85. The Morgan fingerprint density at radius 3 is 3.00 bits per heavy atom. The largest absolute Gasteiger partial charge is 0.392 e. The molecule has 1 amide bonds. The highest BCUT2D eigenvalue weighted by atomic mass is 16.3. The lowest BCUT2D eigenvalue weighted by atomic mass is 9.92. The molecule has 1 atom stereocenters. The number of rotatable bonds is 3. The maximum absolute atomic E-state index is 12.7. The topological polar surface area (TPSA) is 71.2 Å². The maximum atomic E-state index is 12.7. The molecule has 2 aromatic rings. The number of hydrogen-bond acceptors (Lipinski definition) is 4. The van der Waals surface area contributed by atoms with Crippen molar-refractivity contribution in [2.24, 2.45) is 7.05 Å². The van der Waals surface area contributed by atoms with E-state index < -0.39 is 0 Å². The predicted molar refractivity (Wildman–Crippen MR) is 86.0 cm³/mol. The number of aliphatic hydroxyl groups excluding tert-OH is 1. The van der Waals surface area contributed by atoms with E-state index in [0.29, 0.717) is 18.1 Å². The summed E-state index contributed by atoms with van der Waals surface area (Å²) in [6, 6.07) is 3.73. The lowest BCUT2D eigenvalue weighted by molar-refractivity contribution is 0.0695. The molecule has 6 nitrogen and oxygen atoms in total. The van der Waals surface area contributed by atoms with Gasteiger partial charge in [0.15, 0.2) is 0 Å². The van der Waals surface area contributed by atoms with E-state index >= 15 is 0 Å². The van der Waals surface area contributed by atoms with Gasteiger partial charge in [0.1, 0.15) is 11.5 Å². The van der Waals surface area contributed by atoms with E-state index in [4.69, 9.17) is 0 Å². The van der Waals surface area contributed by atoms with Crippen LogP contribution >= 0.6 is 0 Å². The molecule has 122 valence electrons. The van der Waals surface area contributed by atoms with Crippen LogP contribution in [0.1, 0.15) is 46.3 Å². The molecule has 23 heavy (non-hydrogen) atoms. The van der Waals surface area contributed by atoms with E-state index in [9.17, 15) is 9.90 Å². The van der Waals surface area contributed by atoms with Gasteiger partial charge in [0.25, 0.3) is 5.91 Å². The summed E-state index contributed by atoms with van der Waals surface area (Å²) >= 11 is 0. The van der Waals surface area contributed by atoms with Gasteiger partial charge in [-0.15, -0.1) is 0 Å². The molecule has 0 spiro atoms. The molecule has 0 aliphatic carbocycles. The van der Waals surface area contributed by atoms with Crippen molar-refractivity contribution in [3.63, 3.8) is 0 Å². The van der Waals surface area contributed by atoms with E-state index in [1.165, 1.54) is 0 Å². The van der Waals surface area contributed by atoms with Crippen LogP contribution < -0.4 is 0 Å². The molecule has 1 N–H and O–H groups in total. The highest BCUT2D eigenvalue weighted by Gasteiger charge is 2.28. The van der Waals surface area contributed by atoms with Crippen molar-refractivity contribution in [1.29, 1.82) is 0 Å². The fourth-order valence-electron chi connectivity index (χ4n) is 3.22. The van der Waals surface area contributed by atoms with Crippen LogP contribution in [0, 0.1) is 6.92 Å². The first kappa shape index (κ1) is 15.7. The molecule has 0 aromatic carbocycles. The van der Waals surface area contributed by atoms with Gasteiger partial charge in [0.05, 0.1) is 12.3 Å². The summed E-state index contributed by atoms with van der Waals surface area (Å²) in [4.78, 5) is 23.3. The third-order valence-electron chi connectivity index (χ3n) is 4.45. The summed E-state index contributed by atoms with van der Waals surface area (Å²) in [6.07, 6.45) is 5.48. The zero-order chi connectivity index (χ0) is 16.4. The zero-order valence-corrected chi connectivity index (χ0v) is 13.6. The van der Waals surface area contributed by atoms with Crippen LogP contribution in [-0.2, 0) is 13.7 Å². The lowest BCUT2D eigenvalue weighted by Gasteiger charge is -2.33. The summed E-state index contributed by atoms with van der Waals surface area (Å²) in [6.45, 7) is 3.17. The Morgan fingerprint density at radius 2 is 2.30 bits per heavy atom. The highest BCUT2D eigenvalue weighted by molar-refractivity contribution is 5.92. The van der Waals surface area contributed by atoms with E-state index in [2.05, 4.69) is 9.97 Å². The van der Waals surface area contributed by atoms with Crippen molar-refractivity contribution in [3.05, 3.63) is 47.3 Å². The zero-order valence-electron chi connectivity index (χ0n) is 13.6. The van der Waals surface area contributed by atoms with Crippen molar-refractivity contribution in [2.45, 2.75) is 32.3 Å². The van der Waals surface area contributed by atoms with Crippen molar-refractivity contribution in [2.75, 3.05) is 13.1 Å². The normalized spacial score (nSPS) is 18.2. The minimum Gasteiger partial charge on any atom is -0.392 e. The van der Waals surface area contributed by atoms with Gasteiger partial charge in [-0.25, -0.2) is 9.97 Å². The fourth-order valence-corrected chi connectivity index (χ4v) is 3.22. The summed E-state index contributed by atoms with van der Waals surface area (Å²) in [5.74, 6) is 0.901. The number of amides is 1. The number of aliphatic hydroxyl groups is 1. The predicted octanol–water partition coefficient (Wildman–Crippen LogP) is 1.64. The second-order valence-corrected chi connectivity index (χ2v) is 6.08. The molecule has 0 radical (unpaired) electrons. The molecular formula is C17H22N4O2. The van der Waals surface area contributed by atoms with Gasteiger partial charge in [-0.1, -0.05) is 0 Å². The second kappa shape index (κ2) is 6.50. The SMILES string of the molecule is Cc1ncc(CO)c(C2CCCN(C(=O)c3cccn3C)C2)n1. The monoisotopic (exact) mass is 314 g/mol. The Balaban J connectivity index is 1.83. The van der Waals surface area contributed by atoms with Crippen molar-refractivity contribution >= 4 is 5.91 Å². The lowest BCUT2D eigenvalue weighted by Crippen LogP contribution is -2.40. The van der Waals surface area contributed by atoms with E-state index in [0.717, 1.165) is 30.6 Å². The van der Waals surface area contributed by atoms with E-state index in [1.807, 2.05) is 41.8 Å². The van der Waals surface area contributed by atoms with Crippen molar-refractivity contribution in [3.8, 4) is 0 Å². The van der Waals surface area contributed by atoms with Gasteiger partial charge in [-0.2, -0.15) is 0 Å². The minimum atomic E-state index is -0.0716. The smallest absolute Gasteiger partial charge is 0.270 e. The van der Waals surface area contributed by atoms with E-state index in [1.54, 1.807) is 6.20 Å². The van der Waals surface area contributed by atoms with Crippen LogP contribution in [0.3, 0.4) is 0 Å². The molecule has 0 bridgehead atoms. The van der Waals surface area contributed by atoms with Crippen molar-refractivity contribution < 1.29 is 9.90 Å². The minimum absolute atomic E-state index is 0.0542. The van der Waals surface area contributed by atoms with Crippen LogP contribution in [0.2, 0.25) is 0 Å². The molecule has 1 fully saturated rings. The Bertz CT molecular complexity index is 710. The first-order chi connectivity index (χ1) is 11.1. The average Bonchev–Trinajstić information content (AvgIpc) is 3.00. The molecule has 1 unspecified atom stereocenters. The molecule has 1 saturated heterocycles. The number of aromatic nitrogens is 3. The number of carbonyl (C=O) groups is 1. The molecule has 1 aliphatic rings. The molecule has 6 heteroatoms. The molecule has 3 heterocycles. The van der Waals surface area contributed by atoms with Crippen LogP contribution in [0.15, 0.2) is 24.5 Å². The number of aryl methyl sites for hydroxylation is 2. The van der Waals surface area contributed by atoms with Gasteiger partial charge in [-0.3, -0.25) is 4.79 Å². The van der Waals surface area contributed by atoms with Crippen LogP contribution in [0.4, 0.5) is 0 Å². The third kappa shape index (κ3) is 3.12. The Hall–Kier alpha value is -2.21. The summed E-state index contributed by atoms with van der Waals surface area (Å²) in [7, 11) is 1.88. The van der Waals surface area contributed by atoms with Crippen molar-refractivity contribution in [1.82, 2.24) is 19.4 Å². The van der Waals surface area contributed by atoms with Crippen LogP contribution in [-0.4, -0.2) is 43.5 Å². The standard InChI is InChI=1S/C17H22N4O2/c1-12-18-9-14(11-22)16(19-12)13-5-3-8-21(10-13)17(23)15-6-4-7-20(15)2/h4,6-7,9,13,22H,3,5,8,10-11H2,1-2H3. The third-order valence-corrected chi connectivity index (χ3v) is 4.45. The van der Waals surface area contributed by atoms with Gasteiger partial charge in [0.2, 0.25) is 0 Å². The first-order valence-electron chi connectivity index (χ1n) is 7.94. The first-order valence-corrected chi connectivity index (χ1v) is 7.94. The van der Waals surface area contributed by atoms with Gasteiger partial charge >= 0.3 is 0 Å². The van der Waals surface area contributed by atoms with Crippen LogP contribution in [0.5, 0.6) is 0 Å². The van der Waals surface area contributed by atoms with E-state index in [-0.39, 0.29) is 18.4 Å². The quantitative estimate of drug-likeness (QED) is 0.935. The van der Waals surface area contributed by atoms with Gasteiger partial charge in [0, 0.05) is 44.0 Å². The summed E-state index contributed by atoms with van der Waals surface area (Å²) in [5.41, 5.74) is 2.34. The highest BCUT2D eigenvalue weighted by Crippen LogP contribution is 2.28. The van der Waals surface area contributed by atoms with Gasteiger partial charge < -0.3 is 14.6 Å². The number of likely N-dealkylation sites (tertiary alicyclic amines) is 1. The Kier molecular flexibility index (Phi) is 4.43. The maximum Gasteiger partial charge on any atom is 0.270 e. The molecule has 3 rings (SSSR count). The average molecular weight is 314 g/mol. The van der Waals surface area contributed by atoms with Crippen LogP contribution in [0.25, 0.3) is 0 Å². The molecule has 2 aromatic heterocycles. The van der Waals surface area contributed by atoms with Gasteiger partial charge in [-0.05, 0) is 31.9 Å².